The first kappa shape index (κ1) is 14.4. The minimum atomic E-state index is 0.135. The summed E-state index contributed by atoms with van der Waals surface area (Å²) in [6, 6.07) is 8.05. The number of carbonyl (C=O) groups excluding carboxylic acids is 1. The summed E-state index contributed by atoms with van der Waals surface area (Å²) in [6.07, 6.45) is 6.05. The van der Waals surface area contributed by atoms with Gasteiger partial charge in [-0.2, -0.15) is 0 Å². The quantitative estimate of drug-likeness (QED) is 0.835. The summed E-state index contributed by atoms with van der Waals surface area (Å²) < 4.78 is 5.75. The van der Waals surface area contributed by atoms with E-state index in [2.05, 4.69) is 5.32 Å². The van der Waals surface area contributed by atoms with Crippen molar-refractivity contribution in [3.05, 3.63) is 29.8 Å². The highest BCUT2D eigenvalue weighted by Crippen LogP contribution is 2.34. The summed E-state index contributed by atoms with van der Waals surface area (Å²) >= 11 is 0. The van der Waals surface area contributed by atoms with E-state index in [4.69, 9.17) is 10.5 Å². The van der Waals surface area contributed by atoms with Crippen LogP contribution in [0.15, 0.2) is 24.3 Å². The zero-order valence-electron chi connectivity index (χ0n) is 12.4. The van der Waals surface area contributed by atoms with Gasteiger partial charge < -0.3 is 15.8 Å². The predicted molar refractivity (Wildman–Crippen MR) is 82.8 cm³/mol. The third kappa shape index (κ3) is 3.38. The maximum Gasteiger partial charge on any atom is 0.220 e. The van der Waals surface area contributed by atoms with Crippen LogP contribution in [-0.4, -0.2) is 24.7 Å². The van der Waals surface area contributed by atoms with Crippen LogP contribution in [0.3, 0.4) is 0 Å². The first-order valence-corrected chi connectivity index (χ1v) is 7.98. The van der Waals surface area contributed by atoms with Crippen LogP contribution in [0, 0.1) is 5.92 Å². The van der Waals surface area contributed by atoms with E-state index in [9.17, 15) is 4.79 Å². The van der Waals surface area contributed by atoms with Gasteiger partial charge in [-0.1, -0.05) is 18.2 Å². The average Bonchev–Trinajstić information content (AvgIpc) is 2.96. The molecular formula is C17H24N2O2. The molecule has 3 atom stereocenters. The van der Waals surface area contributed by atoms with E-state index in [1.165, 1.54) is 0 Å². The molecule has 4 nitrogen and oxygen atoms in total. The first-order chi connectivity index (χ1) is 10.2. The van der Waals surface area contributed by atoms with Crippen LogP contribution in [0.25, 0.3) is 0 Å². The Hall–Kier alpha value is -1.55. The molecule has 2 aliphatic rings. The first-order valence-electron chi connectivity index (χ1n) is 7.98. The fourth-order valence-electron chi connectivity index (χ4n) is 3.64. The summed E-state index contributed by atoms with van der Waals surface area (Å²) in [5.41, 5.74) is 7.74. The third-order valence-corrected chi connectivity index (χ3v) is 4.80. The van der Waals surface area contributed by atoms with E-state index in [-0.39, 0.29) is 5.91 Å². The van der Waals surface area contributed by atoms with Crippen molar-refractivity contribution in [1.29, 1.82) is 0 Å². The van der Waals surface area contributed by atoms with E-state index >= 15 is 0 Å². The molecule has 1 aliphatic carbocycles. The van der Waals surface area contributed by atoms with Gasteiger partial charge in [-0.25, -0.2) is 0 Å². The molecule has 3 unspecified atom stereocenters. The van der Waals surface area contributed by atoms with Crippen LogP contribution in [0.4, 0.5) is 5.69 Å². The summed E-state index contributed by atoms with van der Waals surface area (Å²) in [4.78, 5) is 12.2. The molecule has 0 radical (unpaired) electrons. The van der Waals surface area contributed by atoms with Gasteiger partial charge in [0.15, 0.2) is 0 Å². The number of benzene rings is 1. The summed E-state index contributed by atoms with van der Waals surface area (Å²) in [5, 5.41) is 3.22. The van der Waals surface area contributed by atoms with Crippen LogP contribution < -0.4 is 11.1 Å². The number of hydrogen-bond donors (Lipinski definition) is 2. The van der Waals surface area contributed by atoms with E-state index in [1.807, 2.05) is 24.3 Å². The van der Waals surface area contributed by atoms with Gasteiger partial charge in [0, 0.05) is 30.7 Å². The van der Waals surface area contributed by atoms with Crippen molar-refractivity contribution in [3.8, 4) is 0 Å². The van der Waals surface area contributed by atoms with Gasteiger partial charge in [0.25, 0.3) is 0 Å². The van der Waals surface area contributed by atoms with Crippen molar-refractivity contribution in [2.24, 2.45) is 5.92 Å². The second-order valence-electron chi connectivity index (χ2n) is 6.17. The van der Waals surface area contributed by atoms with Gasteiger partial charge in [-0.05, 0) is 43.7 Å². The molecule has 21 heavy (non-hydrogen) atoms. The molecule has 1 saturated carbocycles. The number of anilines is 1. The molecule has 114 valence electrons. The SMILES string of the molecule is Nc1ccccc1CCC(=O)NC1CCCC2OCCC12. The lowest BCUT2D eigenvalue weighted by atomic mass is 9.81. The molecule has 3 rings (SSSR count). The molecule has 4 heteroatoms. The molecule has 1 aromatic rings. The van der Waals surface area contributed by atoms with Crippen LogP contribution in [0.1, 0.15) is 37.7 Å². The topological polar surface area (TPSA) is 64.4 Å². The Morgan fingerprint density at radius 2 is 2.14 bits per heavy atom. The highest BCUT2D eigenvalue weighted by atomic mass is 16.5. The number of nitrogens with two attached hydrogens (primary N) is 1. The van der Waals surface area contributed by atoms with Gasteiger partial charge >= 0.3 is 0 Å². The van der Waals surface area contributed by atoms with Crippen LogP contribution in [-0.2, 0) is 16.0 Å². The van der Waals surface area contributed by atoms with Crippen LogP contribution >= 0.6 is 0 Å². The highest BCUT2D eigenvalue weighted by molar-refractivity contribution is 5.76. The minimum Gasteiger partial charge on any atom is -0.399 e. The fourth-order valence-corrected chi connectivity index (χ4v) is 3.64. The van der Waals surface area contributed by atoms with Crippen molar-refractivity contribution in [3.63, 3.8) is 0 Å². The number of fused-ring (bicyclic) bond motifs is 1. The number of ether oxygens (including phenoxy) is 1. The predicted octanol–water partition coefficient (Wildman–Crippen LogP) is 2.28. The Bertz CT molecular complexity index is 503. The standard InChI is InChI=1S/C17H24N2O2/c18-14-5-2-1-4-12(14)8-9-17(20)19-15-6-3-7-16-13(15)10-11-21-16/h1-2,4-5,13,15-16H,3,6-11,18H2,(H,19,20). The smallest absolute Gasteiger partial charge is 0.220 e. The normalized spacial score (nSPS) is 28.1. The Balaban J connectivity index is 1.51. The number of nitrogen functional groups attached to an aromatic ring is 1. The van der Waals surface area contributed by atoms with E-state index in [0.717, 1.165) is 43.5 Å². The Morgan fingerprint density at radius 1 is 1.29 bits per heavy atom. The minimum absolute atomic E-state index is 0.135. The van der Waals surface area contributed by atoms with E-state index in [1.54, 1.807) is 0 Å². The Kier molecular flexibility index (Phi) is 4.44. The number of para-hydroxylation sites is 1. The fraction of sp³-hybridized carbons (Fsp3) is 0.588. The lowest BCUT2D eigenvalue weighted by molar-refractivity contribution is -0.122. The molecule has 1 amide bonds. The number of carbonyl (C=O) groups is 1. The molecule has 1 heterocycles. The number of amides is 1. The molecule has 1 saturated heterocycles. The van der Waals surface area contributed by atoms with Crippen LogP contribution in [0.2, 0.25) is 0 Å². The maximum absolute atomic E-state index is 12.2. The second-order valence-corrected chi connectivity index (χ2v) is 6.17. The molecular weight excluding hydrogens is 264 g/mol. The Labute approximate surface area is 126 Å². The number of rotatable bonds is 4. The molecule has 1 aliphatic heterocycles. The summed E-state index contributed by atoms with van der Waals surface area (Å²) in [6.45, 7) is 0.849. The number of aryl methyl sites for hydroxylation is 1. The van der Waals surface area contributed by atoms with Gasteiger partial charge in [0.05, 0.1) is 6.10 Å². The van der Waals surface area contributed by atoms with Crippen molar-refractivity contribution in [1.82, 2.24) is 5.32 Å². The highest BCUT2D eigenvalue weighted by Gasteiger charge is 2.38. The molecule has 0 aromatic heterocycles. The molecule has 1 aromatic carbocycles. The molecule has 0 spiro atoms. The number of nitrogens with one attached hydrogen (secondary N) is 1. The van der Waals surface area contributed by atoms with Crippen molar-refractivity contribution in [2.75, 3.05) is 12.3 Å². The van der Waals surface area contributed by atoms with Crippen LogP contribution in [0.5, 0.6) is 0 Å². The van der Waals surface area contributed by atoms with Crippen molar-refractivity contribution < 1.29 is 9.53 Å². The zero-order chi connectivity index (χ0) is 14.7. The van der Waals surface area contributed by atoms with Gasteiger partial charge in [0.2, 0.25) is 5.91 Å². The lowest BCUT2D eigenvalue weighted by Gasteiger charge is -2.33. The van der Waals surface area contributed by atoms with Crippen molar-refractivity contribution >= 4 is 11.6 Å². The second kappa shape index (κ2) is 6.48. The van der Waals surface area contributed by atoms with Gasteiger partial charge in [-0.15, -0.1) is 0 Å². The Morgan fingerprint density at radius 3 is 3.00 bits per heavy atom. The molecule has 0 bridgehead atoms. The van der Waals surface area contributed by atoms with Gasteiger partial charge in [-0.3, -0.25) is 4.79 Å². The molecule has 2 fully saturated rings. The van der Waals surface area contributed by atoms with Crippen molar-refractivity contribution in [2.45, 2.75) is 50.7 Å². The van der Waals surface area contributed by atoms with Gasteiger partial charge in [0.1, 0.15) is 0 Å². The number of hydrogen-bond acceptors (Lipinski definition) is 3. The largest absolute Gasteiger partial charge is 0.399 e. The summed E-state index contributed by atoms with van der Waals surface area (Å²) in [7, 11) is 0. The lowest BCUT2D eigenvalue weighted by Crippen LogP contribution is -2.45. The van der Waals surface area contributed by atoms with E-state index < -0.39 is 0 Å². The molecule has 3 N–H and O–H groups in total. The average molecular weight is 288 g/mol. The monoisotopic (exact) mass is 288 g/mol. The maximum atomic E-state index is 12.2. The van der Waals surface area contributed by atoms with E-state index in [0.29, 0.717) is 30.9 Å². The third-order valence-electron chi connectivity index (χ3n) is 4.80. The zero-order valence-corrected chi connectivity index (χ0v) is 12.4. The summed E-state index contributed by atoms with van der Waals surface area (Å²) in [5.74, 6) is 0.653.